The van der Waals surface area contributed by atoms with Gasteiger partial charge in [-0.1, -0.05) is 6.07 Å². The molecule has 110 valence electrons. The lowest BCUT2D eigenvalue weighted by atomic mass is 10.1. The number of aromatic nitrogens is 1. The lowest BCUT2D eigenvalue weighted by molar-refractivity contribution is 0.0600. The average molecular weight is 305 g/mol. The van der Waals surface area contributed by atoms with Crippen LogP contribution in [0.1, 0.15) is 15.9 Å². The maximum Gasteiger partial charge on any atom is 0.337 e. The number of nitrogens with zero attached hydrogens (tertiary/aromatic N) is 1. The van der Waals surface area contributed by atoms with Crippen molar-refractivity contribution in [2.75, 3.05) is 13.4 Å². The number of pyridine rings is 1. The Morgan fingerprint density at radius 3 is 2.43 bits per heavy atom. The first-order valence-electron chi connectivity index (χ1n) is 6.18. The van der Waals surface area contributed by atoms with E-state index in [1.807, 2.05) is 13.0 Å². The number of carbonyl (C=O) groups is 1. The van der Waals surface area contributed by atoms with Gasteiger partial charge in [-0.15, -0.1) is 0 Å². The number of aryl methyl sites for hydroxylation is 1. The van der Waals surface area contributed by atoms with Crippen molar-refractivity contribution in [2.24, 2.45) is 0 Å². The smallest absolute Gasteiger partial charge is 0.337 e. The fraction of sp³-hybridized carbons (Fsp3) is 0.200. The molecule has 0 saturated carbocycles. The molecule has 0 radical (unpaired) electrons. The van der Waals surface area contributed by atoms with E-state index in [0.29, 0.717) is 11.3 Å². The Balaban J connectivity index is 2.65. The standard InChI is InChI=1S/C15H15NO4S/c1-10-4-5-14(16-9-10)11-6-12(15(17)20-2)8-13(7-11)21(3,18)19/h4-9H,1-3H3. The van der Waals surface area contributed by atoms with Crippen molar-refractivity contribution in [3.63, 3.8) is 0 Å². The van der Waals surface area contributed by atoms with Gasteiger partial charge in [-0.2, -0.15) is 0 Å². The van der Waals surface area contributed by atoms with E-state index in [0.717, 1.165) is 11.8 Å². The van der Waals surface area contributed by atoms with Crippen molar-refractivity contribution in [3.05, 3.63) is 47.7 Å². The zero-order chi connectivity index (χ0) is 15.6. The SMILES string of the molecule is COC(=O)c1cc(-c2ccc(C)cn2)cc(S(C)(=O)=O)c1. The maximum absolute atomic E-state index is 11.8. The number of methoxy groups -OCH3 is 1. The van der Waals surface area contributed by atoms with Crippen molar-refractivity contribution >= 4 is 15.8 Å². The quantitative estimate of drug-likeness (QED) is 0.813. The van der Waals surface area contributed by atoms with E-state index < -0.39 is 15.8 Å². The number of carbonyl (C=O) groups excluding carboxylic acids is 1. The van der Waals surface area contributed by atoms with Gasteiger partial charge in [-0.05, 0) is 36.8 Å². The molecule has 0 amide bonds. The minimum Gasteiger partial charge on any atom is -0.465 e. The van der Waals surface area contributed by atoms with Gasteiger partial charge in [0.05, 0.1) is 23.3 Å². The molecule has 1 heterocycles. The predicted molar refractivity (Wildman–Crippen MR) is 78.9 cm³/mol. The van der Waals surface area contributed by atoms with Crippen LogP contribution < -0.4 is 0 Å². The Morgan fingerprint density at radius 2 is 1.90 bits per heavy atom. The highest BCUT2D eigenvalue weighted by molar-refractivity contribution is 7.90. The van der Waals surface area contributed by atoms with Gasteiger partial charge in [0, 0.05) is 18.0 Å². The molecule has 0 bridgehead atoms. The zero-order valence-electron chi connectivity index (χ0n) is 12.0. The summed E-state index contributed by atoms with van der Waals surface area (Å²) in [7, 11) is -2.19. The second kappa shape index (κ2) is 5.65. The van der Waals surface area contributed by atoms with Crippen LogP contribution in [0.15, 0.2) is 41.4 Å². The van der Waals surface area contributed by atoms with Crippen LogP contribution in [0.2, 0.25) is 0 Å². The summed E-state index contributed by atoms with van der Waals surface area (Å²) in [5.74, 6) is -0.589. The molecule has 21 heavy (non-hydrogen) atoms. The summed E-state index contributed by atoms with van der Waals surface area (Å²) < 4.78 is 28.2. The van der Waals surface area contributed by atoms with E-state index >= 15 is 0 Å². The molecule has 0 unspecified atom stereocenters. The van der Waals surface area contributed by atoms with Gasteiger partial charge < -0.3 is 4.74 Å². The first kappa shape index (κ1) is 15.2. The van der Waals surface area contributed by atoms with Gasteiger partial charge >= 0.3 is 5.97 Å². The number of sulfone groups is 1. The minimum atomic E-state index is -3.44. The van der Waals surface area contributed by atoms with Gasteiger partial charge in [0.1, 0.15) is 0 Å². The molecule has 0 atom stereocenters. The third kappa shape index (κ3) is 3.46. The summed E-state index contributed by atoms with van der Waals surface area (Å²) in [6.07, 6.45) is 2.77. The van der Waals surface area contributed by atoms with Crippen molar-refractivity contribution in [1.82, 2.24) is 4.98 Å². The Hall–Kier alpha value is -2.21. The van der Waals surface area contributed by atoms with Gasteiger partial charge in [0.2, 0.25) is 0 Å². The minimum absolute atomic E-state index is 0.0581. The molecule has 0 fully saturated rings. The van der Waals surface area contributed by atoms with Crippen LogP contribution >= 0.6 is 0 Å². The van der Waals surface area contributed by atoms with Crippen molar-refractivity contribution in [2.45, 2.75) is 11.8 Å². The van der Waals surface area contributed by atoms with Crippen LogP contribution in [0.4, 0.5) is 0 Å². The number of hydrogen-bond acceptors (Lipinski definition) is 5. The maximum atomic E-state index is 11.8. The van der Waals surface area contributed by atoms with E-state index in [1.54, 1.807) is 18.3 Å². The lowest BCUT2D eigenvalue weighted by Crippen LogP contribution is -2.05. The Kier molecular flexibility index (Phi) is 4.09. The Labute approximate surface area is 123 Å². The fourth-order valence-corrected chi connectivity index (χ4v) is 2.52. The molecular weight excluding hydrogens is 290 g/mol. The zero-order valence-corrected chi connectivity index (χ0v) is 12.8. The summed E-state index contributed by atoms with van der Waals surface area (Å²) in [4.78, 5) is 16.0. The first-order valence-corrected chi connectivity index (χ1v) is 8.07. The molecule has 2 aromatic rings. The average Bonchev–Trinajstić information content (AvgIpc) is 2.45. The van der Waals surface area contributed by atoms with Crippen LogP contribution in [0.25, 0.3) is 11.3 Å². The van der Waals surface area contributed by atoms with Gasteiger partial charge in [0.25, 0.3) is 0 Å². The number of ether oxygens (including phenoxy) is 1. The van der Waals surface area contributed by atoms with Crippen LogP contribution in [-0.4, -0.2) is 32.7 Å². The largest absolute Gasteiger partial charge is 0.465 e. The van der Waals surface area contributed by atoms with Crippen LogP contribution in [-0.2, 0) is 14.6 Å². The fourth-order valence-electron chi connectivity index (χ4n) is 1.84. The van der Waals surface area contributed by atoms with E-state index in [2.05, 4.69) is 9.72 Å². The number of rotatable bonds is 3. The number of hydrogen-bond donors (Lipinski definition) is 0. The van der Waals surface area contributed by atoms with Crippen LogP contribution in [0.5, 0.6) is 0 Å². The van der Waals surface area contributed by atoms with Gasteiger partial charge in [-0.3, -0.25) is 4.98 Å². The summed E-state index contributed by atoms with van der Waals surface area (Å²) in [5, 5.41) is 0. The summed E-state index contributed by atoms with van der Waals surface area (Å²) >= 11 is 0. The van der Waals surface area contributed by atoms with Gasteiger partial charge in [0.15, 0.2) is 9.84 Å². The van der Waals surface area contributed by atoms with Crippen molar-refractivity contribution < 1.29 is 17.9 Å². The molecule has 0 N–H and O–H groups in total. The summed E-state index contributed by atoms with van der Waals surface area (Å²) in [6.45, 7) is 1.91. The van der Waals surface area contributed by atoms with E-state index in [1.165, 1.54) is 19.2 Å². The third-order valence-electron chi connectivity index (χ3n) is 2.96. The second-order valence-electron chi connectivity index (χ2n) is 4.73. The summed E-state index contributed by atoms with van der Waals surface area (Å²) in [5.41, 5.74) is 2.32. The lowest BCUT2D eigenvalue weighted by Gasteiger charge is -2.08. The Morgan fingerprint density at radius 1 is 1.19 bits per heavy atom. The number of esters is 1. The molecule has 6 heteroatoms. The van der Waals surface area contributed by atoms with E-state index in [9.17, 15) is 13.2 Å². The highest BCUT2D eigenvalue weighted by atomic mass is 32.2. The molecule has 1 aromatic heterocycles. The molecule has 0 saturated heterocycles. The molecular formula is C15H15NO4S. The second-order valence-corrected chi connectivity index (χ2v) is 6.75. The normalized spacial score (nSPS) is 11.2. The molecule has 1 aromatic carbocycles. The van der Waals surface area contributed by atoms with Crippen molar-refractivity contribution in [3.8, 4) is 11.3 Å². The van der Waals surface area contributed by atoms with Gasteiger partial charge in [-0.25, -0.2) is 13.2 Å². The molecule has 0 aliphatic heterocycles. The highest BCUT2D eigenvalue weighted by Crippen LogP contribution is 2.24. The highest BCUT2D eigenvalue weighted by Gasteiger charge is 2.15. The predicted octanol–water partition coefficient (Wildman–Crippen LogP) is 2.25. The number of benzene rings is 1. The van der Waals surface area contributed by atoms with Crippen LogP contribution in [0, 0.1) is 6.92 Å². The summed E-state index contributed by atoms with van der Waals surface area (Å²) in [6, 6.07) is 8.02. The van der Waals surface area contributed by atoms with E-state index in [4.69, 9.17) is 0 Å². The molecule has 5 nitrogen and oxygen atoms in total. The van der Waals surface area contributed by atoms with Crippen molar-refractivity contribution in [1.29, 1.82) is 0 Å². The topological polar surface area (TPSA) is 73.3 Å². The Bertz CT molecular complexity index is 780. The molecule has 0 spiro atoms. The molecule has 0 aliphatic rings. The van der Waals surface area contributed by atoms with E-state index in [-0.39, 0.29) is 10.5 Å². The first-order chi connectivity index (χ1) is 9.81. The monoisotopic (exact) mass is 305 g/mol. The van der Waals surface area contributed by atoms with Crippen LogP contribution in [0.3, 0.4) is 0 Å². The molecule has 2 rings (SSSR count). The molecule has 0 aliphatic carbocycles. The third-order valence-corrected chi connectivity index (χ3v) is 4.05.